The van der Waals surface area contributed by atoms with Crippen LogP contribution in [0.15, 0.2) is 24.3 Å². The molecule has 30 heavy (non-hydrogen) atoms. The third-order valence-corrected chi connectivity index (χ3v) is 6.56. The molecule has 1 aromatic heterocycles. The van der Waals surface area contributed by atoms with Gasteiger partial charge in [-0.1, -0.05) is 36.8 Å². The van der Waals surface area contributed by atoms with Crippen molar-refractivity contribution in [3.63, 3.8) is 0 Å². The smallest absolute Gasteiger partial charge is 0.289 e. The number of likely N-dealkylation sites (tertiary alicyclic amines) is 1. The van der Waals surface area contributed by atoms with E-state index in [-0.39, 0.29) is 17.4 Å². The van der Waals surface area contributed by atoms with Crippen molar-refractivity contribution in [2.45, 2.75) is 65.8 Å². The first-order valence-corrected chi connectivity index (χ1v) is 11.1. The van der Waals surface area contributed by atoms with Gasteiger partial charge in [0.2, 0.25) is 5.82 Å². The predicted molar refractivity (Wildman–Crippen MR) is 115 cm³/mol. The summed E-state index contributed by atoms with van der Waals surface area (Å²) in [5.41, 5.74) is 2.71. The number of ether oxygens (including phenoxy) is 1. The van der Waals surface area contributed by atoms with Crippen LogP contribution in [0, 0.1) is 12.3 Å². The van der Waals surface area contributed by atoms with Gasteiger partial charge in [-0.05, 0) is 51.8 Å². The highest BCUT2D eigenvalue weighted by Gasteiger charge is 2.39. The van der Waals surface area contributed by atoms with Crippen LogP contribution in [0.5, 0.6) is 0 Å². The van der Waals surface area contributed by atoms with Crippen molar-refractivity contribution >= 4 is 5.91 Å². The molecule has 4 rings (SSSR count). The Labute approximate surface area is 178 Å². The number of piperidine rings is 1. The number of rotatable bonds is 5. The summed E-state index contributed by atoms with van der Waals surface area (Å²) in [6.07, 6.45) is 2.97. The predicted octanol–water partition coefficient (Wildman–Crippen LogP) is 2.93. The molecule has 7 nitrogen and oxygen atoms in total. The monoisotopic (exact) mass is 411 g/mol. The lowest BCUT2D eigenvalue weighted by atomic mass is 9.78. The average molecular weight is 412 g/mol. The molecular weight excluding hydrogens is 378 g/mol. The highest BCUT2D eigenvalue weighted by molar-refractivity contribution is 5.90. The number of aromatic nitrogens is 3. The number of amides is 1. The Balaban J connectivity index is 1.44. The molecule has 1 fully saturated rings. The second-order valence-electron chi connectivity index (χ2n) is 9.07. The molecule has 1 spiro atoms. The topological polar surface area (TPSA) is 72.3 Å². The number of nitrogens with zero attached hydrogens (tertiary/aromatic N) is 4. The lowest BCUT2D eigenvalue weighted by Crippen LogP contribution is -2.44. The van der Waals surface area contributed by atoms with Gasteiger partial charge in [0.1, 0.15) is 6.61 Å². The van der Waals surface area contributed by atoms with Gasteiger partial charge in [0.25, 0.3) is 5.91 Å². The summed E-state index contributed by atoms with van der Waals surface area (Å²) in [7, 11) is 0. The second-order valence-corrected chi connectivity index (χ2v) is 9.07. The van der Waals surface area contributed by atoms with Crippen molar-refractivity contribution < 1.29 is 9.53 Å². The minimum absolute atomic E-state index is 0.0299. The van der Waals surface area contributed by atoms with Crippen LogP contribution in [-0.4, -0.2) is 51.3 Å². The average Bonchev–Trinajstić information content (AvgIpc) is 3.03. The normalized spacial score (nSPS) is 19.8. The van der Waals surface area contributed by atoms with Gasteiger partial charge < -0.3 is 14.6 Å². The fourth-order valence-corrected chi connectivity index (χ4v) is 4.46. The van der Waals surface area contributed by atoms with Crippen LogP contribution < -0.4 is 5.32 Å². The Kier molecular flexibility index (Phi) is 6.20. The van der Waals surface area contributed by atoms with E-state index in [1.807, 2.05) is 11.5 Å². The lowest BCUT2D eigenvalue weighted by Gasteiger charge is -2.41. The van der Waals surface area contributed by atoms with Gasteiger partial charge in [-0.2, -0.15) is 0 Å². The molecular formula is C23H33N5O2. The van der Waals surface area contributed by atoms with E-state index in [2.05, 4.69) is 58.5 Å². The van der Waals surface area contributed by atoms with Crippen LogP contribution in [0.25, 0.3) is 0 Å². The lowest BCUT2D eigenvalue weighted by molar-refractivity contribution is -0.00570. The molecule has 0 radical (unpaired) electrons. The summed E-state index contributed by atoms with van der Waals surface area (Å²) >= 11 is 0. The fraction of sp³-hybridized carbons (Fsp3) is 0.609. The zero-order chi connectivity index (χ0) is 21.1. The first-order valence-electron chi connectivity index (χ1n) is 11.1. The SMILES string of the molecule is CC[C@H](C)NC(=O)c1nnc2n1CC1(CCN(Cc3cccc(C)c3)CC1)COC2. The fourth-order valence-electron chi connectivity index (χ4n) is 4.46. The molecule has 1 amide bonds. The molecule has 1 atom stereocenters. The van der Waals surface area contributed by atoms with Crippen molar-refractivity contribution in [1.82, 2.24) is 25.0 Å². The van der Waals surface area contributed by atoms with Crippen LogP contribution in [0.4, 0.5) is 0 Å². The quantitative estimate of drug-likeness (QED) is 0.819. The van der Waals surface area contributed by atoms with Gasteiger partial charge >= 0.3 is 0 Å². The maximum absolute atomic E-state index is 12.7. The Morgan fingerprint density at radius 2 is 2.10 bits per heavy atom. The summed E-state index contributed by atoms with van der Waals surface area (Å²) in [4.78, 5) is 15.3. The van der Waals surface area contributed by atoms with Crippen molar-refractivity contribution in [3.8, 4) is 0 Å². The number of aryl methyl sites for hydroxylation is 1. The first kappa shape index (κ1) is 21.0. The highest BCUT2D eigenvalue weighted by atomic mass is 16.5. The molecule has 1 N–H and O–H groups in total. The summed E-state index contributed by atoms with van der Waals surface area (Å²) in [5.74, 6) is 1.03. The molecule has 0 saturated carbocycles. The van der Waals surface area contributed by atoms with E-state index in [1.165, 1.54) is 11.1 Å². The number of benzene rings is 1. The number of fused-ring (bicyclic) bond motifs is 1. The summed E-state index contributed by atoms with van der Waals surface area (Å²) in [6.45, 7) is 11.1. The largest absolute Gasteiger partial charge is 0.373 e. The molecule has 1 aromatic carbocycles. The van der Waals surface area contributed by atoms with Gasteiger partial charge in [-0.3, -0.25) is 9.69 Å². The molecule has 1 saturated heterocycles. The van der Waals surface area contributed by atoms with E-state index in [9.17, 15) is 4.79 Å². The van der Waals surface area contributed by atoms with Crippen molar-refractivity contribution in [1.29, 1.82) is 0 Å². The number of hydrogen-bond acceptors (Lipinski definition) is 5. The van der Waals surface area contributed by atoms with Crippen LogP contribution in [0.2, 0.25) is 0 Å². The molecule has 162 valence electrons. The first-order chi connectivity index (χ1) is 14.5. The van der Waals surface area contributed by atoms with Gasteiger partial charge in [-0.25, -0.2) is 0 Å². The van der Waals surface area contributed by atoms with E-state index in [0.717, 1.165) is 51.3 Å². The Bertz CT molecular complexity index is 885. The van der Waals surface area contributed by atoms with E-state index >= 15 is 0 Å². The minimum atomic E-state index is -0.142. The van der Waals surface area contributed by atoms with Gasteiger partial charge in [0.05, 0.1) is 6.61 Å². The Morgan fingerprint density at radius 3 is 2.83 bits per heavy atom. The third-order valence-electron chi connectivity index (χ3n) is 6.56. The molecule has 2 aromatic rings. The standard InChI is InChI=1S/C23H33N5O2/c1-4-18(3)24-22(29)21-26-25-20-14-30-16-23(15-28(20)21)8-10-27(11-9-23)13-19-7-5-6-17(2)12-19/h5-7,12,18H,4,8-11,13-16H2,1-3H3,(H,24,29)/t18-/m0/s1. The Hall–Kier alpha value is -2.25. The van der Waals surface area contributed by atoms with Gasteiger partial charge in [-0.15, -0.1) is 10.2 Å². The summed E-state index contributed by atoms with van der Waals surface area (Å²) in [5, 5.41) is 11.5. The molecule has 0 aliphatic carbocycles. The van der Waals surface area contributed by atoms with Crippen LogP contribution in [-0.2, 0) is 24.4 Å². The summed E-state index contributed by atoms with van der Waals surface area (Å²) in [6, 6.07) is 8.87. The molecule has 0 bridgehead atoms. The van der Waals surface area contributed by atoms with Crippen LogP contribution >= 0.6 is 0 Å². The number of carbonyl (C=O) groups is 1. The van der Waals surface area contributed by atoms with E-state index in [0.29, 0.717) is 19.0 Å². The molecule has 2 aliphatic rings. The van der Waals surface area contributed by atoms with Crippen LogP contribution in [0.1, 0.15) is 60.7 Å². The highest BCUT2D eigenvalue weighted by Crippen LogP contribution is 2.36. The van der Waals surface area contributed by atoms with Crippen molar-refractivity contribution in [2.24, 2.45) is 5.41 Å². The van der Waals surface area contributed by atoms with Crippen molar-refractivity contribution in [2.75, 3.05) is 19.7 Å². The van der Waals surface area contributed by atoms with Gasteiger partial charge in [0, 0.05) is 24.5 Å². The van der Waals surface area contributed by atoms with Gasteiger partial charge in [0.15, 0.2) is 5.82 Å². The zero-order valence-corrected chi connectivity index (χ0v) is 18.4. The number of carbonyl (C=O) groups excluding carboxylic acids is 1. The van der Waals surface area contributed by atoms with Crippen molar-refractivity contribution in [3.05, 3.63) is 47.0 Å². The summed E-state index contributed by atoms with van der Waals surface area (Å²) < 4.78 is 8.01. The maximum Gasteiger partial charge on any atom is 0.289 e. The second kappa shape index (κ2) is 8.86. The van der Waals surface area contributed by atoms with E-state index < -0.39 is 0 Å². The minimum Gasteiger partial charge on any atom is -0.373 e. The Morgan fingerprint density at radius 1 is 1.30 bits per heavy atom. The number of nitrogens with one attached hydrogen (secondary N) is 1. The third kappa shape index (κ3) is 4.57. The zero-order valence-electron chi connectivity index (χ0n) is 18.4. The van der Waals surface area contributed by atoms with E-state index in [1.54, 1.807) is 0 Å². The molecule has 7 heteroatoms. The number of hydrogen-bond donors (Lipinski definition) is 1. The molecule has 2 aliphatic heterocycles. The molecule has 3 heterocycles. The van der Waals surface area contributed by atoms with Crippen LogP contribution in [0.3, 0.4) is 0 Å². The van der Waals surface area contributed by atoms with E-state index in [4.69, 9.17) is 4.74 Å². The molecule has 0 unspecified atom stereocenters. The maximum atomic E-state index is 12.7.